The number of rotatable bonds is 3. The molecule has 0 radical (unpaired) electrons. The maximum absolute atomic E-state index is 2.50. The predicted octanol–water partition coefficient (Wildman–Crippen LogP) is 4.00. The zero-order chi connectivity index (χ0) is 8.82. The molecule has 0 aromatic heterocycles. The summed E-state index contributed by atoms with van der Waals surface area (Å²) >= 11 is 0. The zero-order valence-electron chi connectivity index (χ0n) is 8.82. The summed E-state index contributed by atoms with van der Waals surface area (Å²) in [6.07, 6.45) is 8.93. The van der Waals surface area contributed by atoms with Crippen molar-refractivity contribution in [3.8, 4) is 0 Å². The van der Waals surface area contributed by atoms with E-state index in [9.17, 15) is 0 Å². The zero-order valence-corrected chi connectivity index (χ0v) is 8.82. The van der Waals surface area contributed by atoms with Gasteiger partial charge in [-0.25, -0.2) is 0 Å². The highest BCUT2D eigenvalue weighted by molar-refractivity contribution is 5.10. The van der Waals surface area contributed by atoms with Gasteiger partial charge in [-0.15, -0.1) is 0 Å². The predicted molar refractivity (Wildman–Crippen MR) is 53.1 cm³/mol. The molecule has 0 aliphatic heterocycles. The lowest BCUT2D eigenvalue weighted by Gasteiger charge is -2.66. The van der Waals surface area contributed by atoms with Crippen molar-refractivity contribution in [3.63, 3.8) is 0 Å². The van der Waals surface area contributed by atoms with Gasteiger partial charge in [-0.05, 0) is 48.9 Å². The van der Waals surface area contributed by atoms with Crippen LogP contribution < -0.4 is 0 Å². The summed E-state index contributed by atoms with van der Waals surface area (Å²) in [5.41, 5.74) is 1.45. The van der Waals surface area contributed by atoms with Gasteiger partial charge in [-0.3, -0.25) is 0 Å². The minimum absolute atomic E-state index is 0.642. The molecule has 2 rings (SSSR count). The SMILES string of the molecule is CCCC(C)(C)C12CCC1CC2. The smallest absolute Gasteiger partial charge is 0.0218 e. The molecule has 0 bridgehead atoms. The Balaban J connectivity index is 2.07. The Morgan fingerprint density at radius 1 is 1.25 bits per heavy atom. The van der Waals surface area contributed by atoms with E-state index in [2.05, 4.69) is 20.8 Å². The van der Waals surface area contributed by atoms with Crippen LogP contribution in [-0.4, -0.2) is 0 Å². The first-order valence-electron chi connectivity index (χ1n) is 5.62. The summed E-state index contributed by atoms with van der Waals surface area (Å²) in [7, 11) is 0. The minimum Gasteiger partial charge on any atom is -0.0654 e. The minimum atomic E-state index is 0.642. The average Bonchev–Trinajstić information content (AvgIpc) is 1.95. The van der Waals surface area contributed by atoms with Crippen molar-refractivity contribution >= 4 is 0 Å². The third-order valence-corrected chi connectivity index (χ3v) is 4.88. The van der Waals surface area contributed by atoms with E-state index in [-0.39, 0.29) is 0 Å². The van der Waals surface area contributed by atoms with Gasteiger partial charge in [0.05, 0.1) is 0 Å². The van der Waals surface area contributed by atoms with Crippen molar-refractivity contribution in [3.05, 3.63) is 0 Å². The van der Waals surface area contributed by atoms with Crippen LogP contribution in [0, 0.1) is 16.7 Å². The van der Waals surface area contributed by atoms with Crippen LogP contribution in [0.2, 0.25) is 0 Å². The fraction of sp³-hybridized carbons (Fsp3) is 1.00. The maximum Gasteiger partial charge on any atom is -0.0218 e. The molecule has 0 aromatic carbocycles. The quantitative estimate of drug-likeness (QED) is 0.594. The van der Waals surface area contributed by atoms with E-state index in [1.165, 1.54) is 38.5 Å². The Morgan fingerprint density at radius 2 is 1.83 bits per heavy atom. The summed E-state index contributed by atoms with van der Waals surface area (Å²) in [6, 6.07) is 0. The Kier molecular flexibility index (Phi) is 1.79. The van der Waals surface area contributed by atoms with E-state index in [0.717, 1.165) is 11.3 Å². The highest BCUT2D eigenvalue weighted by Gasteiger charge is 2.60. The molecule has 0 N–H and O–H groups in total. The Morgan fingerprint density at radius 3 is 2.08 bits per heavy atom. The molecule has 0 heteroatoms. The number of hydrogen-bond acceptors (Lipinski definition) is 0. The van der Waals surface area contributed by atoms with E-state index in [0.29, 0.717) is 5.41 Å². The van der Waals surface area contributed by atoms with Gasteiger partial charge >= 0.3 is 0 Å². The molecule has 12 heavy (non-hydrogen) atoms. The Labute approximate surface area is 76.7 Å². The van der Waals surface area contributed by atoms with Crippen LogP contribution in [0.4, 0.5) is 0 Å². The van der Waals surface area contributed by atoms with Gasteiger partial charge in [0.25, 0.3) is 0 Å². The second kappa shape index (κ2) is 2.49. The second-order valence-corrected chi connectivity index (χ2v) is 5.56. The first-order chi connectivity index (χ1) is 5.62. The van der Waals surface area contributed by atoms with Crippen LogP contribution in [0.3, 0.4) is 0 Å². The van der Waals surface area contributed by atoms with E-state index < -0.39 is 0 Å². The summed E-state index contributed by atoms with van der Waals surface area (Å²) in [4.78, 5) is 0. The summed E-state index contributed by atoms with van der Waals surface area (Å²) in [6.45, 7) is 7.33. The first-order valence-corrected chi connectivity index (χ1v) is 5.62. The molecule has 2 aliphatic carbocycles. The van der Waals surface area contributed by atoms with Gasteiger partial charge in [-0.2, -0.15) is 0 Å². The molecule has 0 saturated heterocycles. The highest BCUT2D eigenvalue weighted by Crippen LogP contribution is 2.70. The molecule has 0 spiro atoms. The van der Waals surface area contributed by atoms with Crippen molar-refractivity contribution in [2.45, 2.75) is 59.3 Å². The highest BCUT2D eigenvalue weighted by atomic mass is 14.6. The topological polar surface area (TPSA) is 0 Å². The van der Waals surface area contributed by atoms with Crippen molar-refractivity contribution in [2.75, 3.05) is 0 Å². The average molecular weight is 166 g/mol. The lowest BCUT2D eigenvalue weighted by Crippen LogP contribution is -2.57. The molecule has 0 amide bonds. The number of fused-ring (bicyclic) bond motifs is 1. The molecular formula is C12H22. The van der Waals surface area contributed by atoms with Gasteiger partial charge in [0, 0.05) is 0 Å². The maximum atomic E-state index is 2.50. The van der Waals surface area contributed by atoms with Crippen LogP contribution in [0.5, 0.6) is 0 Å². The largest absolute Gasteiger partial charge is 0.0654 e. The summed E-state index contributed by atoms with van der Waals surface area (Å²) in [5.74, 6) is 1.12. The van der Waals surface area contributed by atoms with Gasteiger partial charge in [0.2, 0.25) is 0 Å². The lowest BCUT2D eigenvalue weighted by atomic mass is 9.38. The molecule has 0 aromatic rings. The van der Waals surface area contributed by atoms with Gasteiger partial charge in [-0.1, -0.05) is 27.2 Å². The third kappa shape index (κ3) is 0.843. The van der Waals surface area contributed by atoms with Crippen LogP contribution in [0.1, 0.15) is 59.3 Å². The Hall–Kier alpha value is 0. The molecule has 2 aliphatic rings. The second-order valence-electron chi connectivity index (χ2n) is 5.56. The molecule has 70 valence electrons. The van der Waals surface area contributed by atoms with Crippen molar-refractivity contribution in [1.29, 1.82) is 0 Å². The molecule has 0 atom stereocenters. The summed E-state index contributed by atoms with van der Waals surface area (Å²) < 4.78 is 0. The van der Waals surface area contributed by atoms with E-state index >= 15 is 0 Å². The number of hydrogen-bond donors (Lipinski definition) is 0. The van der Waals surface area contributed by atoms with Crippen LogP contribution in [0.15, 0.2) is 0 Å². The molecule has 0 heterocycles. The third-order valence-electron chi connectivity index (χ3n) is 4.88. The molecule has 2 saturated carbocycles. The Bertz CT molecular complexity index is 170. The van der Waals surface area contributed by atoms with Crippen molar-refractivity contribution in [1.82, 2.24) is 0 Å². The summed E-state index contributed by atoms with van der Waals surface area (Å²) in [5, 5.41) is 0. The van der Waals surface area contributed by atoms with Gasteiger partial charge in [0.1, 0.15) is 0 Å². The fourth-order valence-corrected chi connectivity index (χ4v) is 3.77. The normalized spacial score (nSPS) is 39.8. The van der Waals surface area contributed by atoms with E-state index in [4.69, 9.17) is 0 Å². The standard InChI is InChI=1S/C12H22/c1-4-7-11(2,3)12-8-5-10(12)6-9-12/h10H,4-9H2,1-3H3. The first kappa shape index (κ1) is 8.59. The van der Waals surface area contributed by atoms with Crippen LogP contribution in [0.25, 0.3) is 0 Å². The van der Waals surface area contributed by atoms with Crippen molar-refractivity contribution < 1.29 is 0 Å². The van der Waals surface area contributed by atoms with Crippen molar-refractivity contribution in [2.24, 2.45) is 16.7 Å². The fourth-order valence-electron chi connectivity index (χ4n) is 3.77. The lowest BCUT2D eigenvalue weighted by molar-refractivity contribution is -0.166. The molecule has 0 nitrogen and oxygen atoms in total. The molecule has 0 unspecified atom stereocenters. The van der Waals surface area contributed by atoms with E-state index in [1.807, 2.05) is 0 Å². The van der Waals surface area contributed by atoms with Crippen LogP contribution in [-0.2, 0) is 0 Å². The van der Waals surface area contributed by atoms with Gasteiger partial charge in [0.15, 0.2) is 0 Å². The molecular weight excluding hydrogens is 144 g/mol. The van der Waals surface area contributed by atoms with Gasteiger partial charge < -0.3 is 0 Å². The van der Waals surface area contributed by atoms with Crippen LogP contribution >= 0.6 is 0 Å². The molecule has 2 fully saturated rings. The van der Waals surface area contributed by atoms with E-state index in [1.54, 1.807) is 0 Å². The monoisotopic (exact) mass is 166 g/mol.